The number of hydrogen-bond donors (Lipinski definition) is 1. The predicted octanol–water partition coefficient (Wildman–Crippen LogP) is 2.68. The zero-order valence-corrected chi connectivity index (χ0v) is 11.8. The van der Waals surface area contributed by atoms with E-state index in [2.05, 4.69) is 4.98 Å². The highest BCUT2D eigenvalue weighted by molar-refractivity contribution is 7.17. The molecule has 0 aliphatic rings. The van der Waals surface area contributed by atoms with E-state index in [1.807, 2.05) is 0 Å². The normalized spacial score (nSPS) is 10.6. The molecule has 5 nitrogen and oxygen atoms in total. The molecule has 106 valence electrons. The Morgan fingerprint density at radius 3 is 2.95 bits per heavy atom. The Balaban J connectivity index is 2.32. The number of benzene rings is 1. The van der Waals surface area contributed by atoms with Gasteiger partial charge in [0.15, 0.2) is 4.88 Å². The maximum atomic E-state index is 13.2. The van der Waals surface area contributed by atoms with Crippen molar-refractivity contribution in [3.63, 3.8) is 0 Å². The van der Waals surface area contributed by atoms with E-state index in [-0.39, 0.29) is 10.8 Å². The third kappa shape index (κ3) is 2.94. The molecule has 1 heterocycles. The van der Waals surface area contributed by atoms with Gasteiger partial charge in [0.05, 0.1) is 6.61 Å². The molecular weight excluding hydrogens is 283 g/mol. The summed E-state index contributed by atoms with van der Waals surface area (Å²) in [5.41, 5.74) is 0.503. The van der Waals surface area contributed by atoms with Crippen molar-refractivity contribution in [2.24, 2.45) is 0 Å². The Bertz CT molecular complexity index is 630. The molecule has 1 N–H and O–H groups in total. The van der Waals surface area contributed by atoms with Gasteiger partial charge in [0.1, 0.15) is 10.8 Å². The van der Waals surface area contributed by atoms with Crippen LogP contribution >= 0.6 is 11.3 Å². The van der Waals surface area contributed by atoms with Crippen LogP contribution in [0, 0.1) is 5.82 Å². The fourth-order valence-corrected chi connectivity index (χ4v) is 2.51. The molecule has 0 unspecified atom stereocenters. The van der Waals surface area contributed by atoms with E-state index >= 15 is 0 Å². The molecular formula is C13H13FN2O3S. The van der Waals surface area contributed by atoms with E-state index in [9.17, 15) is 14.3 Å². The number of aromatic hydroxyl groups is 1. The predicted molar refractivity (Wildman–Crippen MR) is 72.9 cm³/mol. The minimum atomic E-state index is -0.496. The zero-order chi connectivity index (χ0) is 14.7. The second kappa shape index (κ2) is 5.98. The Morgan fingerprint density at radius 2 is 2.30 bits per heavy atom. The van der Waals surface area contributed by atoms with Crippen LogP contribution in [0.5, 0.6) is 5.88 Å². The maximum Gasteiger partial charge on any atom is 0.292 e. The van der Waals surface area contributed by atoms with Gasteiger partial charge < -0.3 is 5.11 Å². The molecule has 20 heavy (non-hydrogen) atoms. The van der Waals surface area contributed by atoms with Crippen LogP contribution < -0.4 is 0 Å². The van der Waals surface area contributed by atoms with Gasteiger partial charge in [-0.2, -0.15) is 0 Å². The average molecular weight is 296 g/mol. The number of hydrogen-bond acceptors (Lipinski definition) is 5. The summed E-state index contributed by atoms with van der Waals surface area (Å²) in [6, 6.07) is 5.80. The fraction of sp³-hybridized carbons (Fsp3) is 0.231. The van der Waals surface area contributed by atoms with Crippen LogP contribution in [0.1, 0.15) is 16.6 Å². The molecule has 0 aliphatic heterocycles. The monoisotopic (exact) mass is 296 g/mol. The van der Waals surface area contributed by atoms with Gasteiger partial charge in [-0.05, 0) is 19.1 Å². The van der Waals surface area contributed by atoms with Crippen molar-refractivity contribution in [1.82, 2.24) is 10.0 Å². The summed E-state index contributed by atoms with van der Waals surface area (Å²) in [6.07, 6.45) is 0. The quantitative estimate of drug-likeness (QED) is 0.881. The fourth-order valence-electron chi connectivity index (χ4n) is 1.59. The van der Waals surface area contributed by atoms with Crippen LogP contribution in [0.2, 0.25) is 0 Å². The lowest BCUT2D eigenvalue weighted by molar-refractivity contribution is -0.0999. The van der Waals surface area contributed by atoms with E-state index in [1.54, 1.807) is 13.0 Å². The maximum absolute atomic E-state index is 13.2. The molecule has 0 radical (unpaired) electrons. The van der Waals surface area contributed by atoms with Gasteiger partial charge in [-0.15, -0.1) is 11.3 Å². The zero-order valence-electron chi connectivity index (χ0n) is 11.0. The summed E-state index contributed by atoms with van der Waals surface area (Å²) >= 11 is 0.985. The molecule has 0 spiro atoms. The minimum Gasteiger partial charge on any atom is -0.492 e. The second-order valence-corrected chi connectivity index (χ2v) is 4.90. The van der Waals surface area contributed by atoms with Crippen LogP contribution in [0.15, 0.2) is 24.3 Å². The Morgan fingerprint density at radius 1 is 1.55 bits per heavy atom. The lowest BCUT2D eigenvalue weighted by Gasteiger charge is -2.13. The summed E-state index contributed by atoms with van der Waals surface area (Å²) in [7, 11) is 1.45. The first-order valence-corrected chi connectivity index (χ1v) is 6.71. The number of halogens is 1. The van der Waals surface area contributed by atoms with Gasteiger partial charge in [0, 0.05) is 12.6 Å². The number of hydroxylamine groups is 2. The summed E-state index contributed by atoms with van der Waals surface area (Å²) in [4.78, 5) is 21.0. The van der Waals surface area contributed by atoms with E-state index in [4.69, 9.17) is 4.84 Å². The van der Waals surface area contributed by atoms with Crippen molar-refractivity contribution in [2.45, 2.75) is 6.92 Å². The second-order valence-electron chi connectivity index (χ2n) is 3.90. The minimum absolute atomic E-state index is 0.0558. The molecule has 0 saturated carbocycles. The van der Waals surface area contributed by atoms with Gasteiger partial charge in [-0.3, -0.25) is 9.63 Å². The first-order valence-electron chi connectivity index (χ1n) is 5.89. The van der Waals surface area contributed by atoms with E-state index < -0.39 is 11.7 Å². The SMILES string of the molecule is CCON(C)C(=O)c1sc(-c2cccc(F)c2)nc1O. The highest BCUT2D eigenvalue weighted by atomic mass is 32.1. The number of thiazole rings is 1. The van der Waals surface area contributed by atoms with Crippen LogP contribution in [0.4, 0.5) is 4.39 Å². The van der Waals surface area contributed by atoms with E-state index in [0.717, 1.165) is 16.4 Å². The molecule has 0 atom stereocenters. The van der Waals surface area contributed by atoms with Crippen LogP contribution in [0.3, 0.4) is 0 Å². The summed E-state index contributed by atoms with van der Waals surface area (Å²) in [6.45, 7) is 2.08. The smallest absolute Gasteiger partial charge is 0.292 e. The summed E-state index contributed by atoms with van der Waals surface area (Å²) in [5.74, 6) is -1.29. The summed E-state index contributed by atoms with van der Waals surface area (Å²) < 4.78 is 13.2. The molecule has 0 fully saturated rings. The van der Waals surface area contributed by atoms with Crippen LogP contribution in [0.25, 0.3) is 10.6 Å². The highest BCUT2D eigenvalue weighted by Gasteiger charge is 2.22. The number of carbonyl (C=O) groups excluding carboxylic acids is 1. The van der Waals surface area contributed by atoms with Crippen molar-refractivity contribution in [1.29, 1.82) is 0 Å². The Kier molecular flexibility index (Phi) is 4.31. The number of carbonyl (C=O) groups is 1. The third-order valence-corrected chi connectivity index (χ3v) is 3.57. The molecule has 1 aromatic carbocycles. The standard InChI is InChI=1S/C13H13FN2O3S/c1-3-19-16(2)13(18)10-11(17)15-12(20-10)8-5-4-6-9(14)7-8/h4-7,17H,3H2,1-2H3. The van der Waals surface area contributed by atoms with Crippen molar-refractivity contribution in [3.8, 4) is 16.5 Å². The topological polar surface area (TPSA) is 62.7 Å². The van der Waals surface area contributed by atoms with Crippen LogP contribution in [-0.4, -0.2) is 34.7 Å². The van der Waals surface area contributed by atoms with Crippen molar-refractivity contribution >= 4 is 17.2 Å². The van der Waals surface area contributed by atoms with E-state index in [0.29, 0.717) is 17.2 Å². The molecule has 0 bridgehead atoms. The largest absolute Gasteiger partial charge is 0.492 e. The van der Waals surface area contributed by atoms with Gasteiger partial charge in [0.25, 0.3) is 5.91 Å². The molecule has 7 heteroatoms. The van der Waals surface area contributed by atoms with E-state index in [1.165, 1.54) is 25.2 Å². The highest BCUT2D eigenvalue weighted by Crippen LogP contribution is 2.32. The third-order valence-electron chi connectivity index (χ3n) is 2.48. The number of aromatic nitrogens is 1. The number of nitrogens with zero attached hydrogens (tertiary/aromatic N) is 2. The lowest BCUT2D eigenvalue weighted by Crippen LogP contribution is -2.26. The molecule has 0 aliphatic carbocycles. The number of amides is 1. The molecule has 2 aromatic rings. The van der Waals surface area contributed by atoms with Gasteiger partial charge in [-0.25, -0.2) is 14.4 Å². The first-order chi connectivity index (χ1) is 9.52. The Hall–Kier alpha value is -1.99. The summed E-state index contributed by atoms with van der Waals surface area (Å²) in [5, 5.41) is 11.2. The van der Waals surface area contributed by atoms with Crippen molar-refractivity contribution in [3.05, 3.63) is 35.0 Å². The van der Waals surface area contributed by atoms with Crippen molar-refractivity contribution in [2.75, 3.05) is 13.7 Å². The van der Waals surface area contributed by atoms with Crippen molar-refractivity contribution < 1.29 is 19.1 Å². The molecule has 2 rings (SSSR count). The molecule has 1 aromatic heterocycles. The first kappa shape index (κ1) is 14.4. The lowest BCUT2D eigenvalue weighted by atomic mass is 10.2. The van der Waals surface area contributed by atoms with Gasteiger partial charge in [0.2, 0.25) is 5.88 Å². The molecule has 1 amide bonds. The van der Waals surface area contributed by atoms with Gasteiger partial charge in [-0.1, -0.05) is 12.1 Å². The molecule has 0 saturated heterocycles. The number of rotatable bonds is 4. The van der Waals surface area contributed by atoms with Crippen LogP contribution in [-0.2, 0) is 4.84 Å². The average Bonchev–Trinajstić information content (AvgIpc) is 2.80. The van der Waals surface area contributed by atoms with Gasteiger partial charge >= 0.3 is 0 Å². The Labute approximate surface area is 119 Å².